The maximum absolute atomic E-state index is 12.4. The Morgan fingerprint density at radius 2 is 1.77 bits per heavy atom. The van der Waals surface area contributed by atoms with Crippen molar-refractivity contribution in [1.82, 2.24) is 9.66 Å². The molecule has 0 atom stereocenters. The first kappa shape index (κ1) is 14.3. The average Bonchev–Trinajstić information content (AvgIpc) is 2.96. The molecule has 0 saturated carbocycles. The van der Waals surface area contributed by atoms with E-state index in [9.17, 15) is 8.42 Å². The Labute approximate surface area is 129 Å². The molecular formula is C16H15N3O2S. The summed E-state index contributed by atoms with van der Waals surface area (Å²) in [6.07, 6.45) is 3.40. The molecule has 1 aromatic carbocycles. The number of rotatable bonds is 4. The third-order valence-corrected chi connectivity index (χ3v) is 4.52. The largest absolute Gasteiger partial charge is 0.275 e. The van der Waals surface area contributed by atoms with E-state index in [-0.39, 0.29) is 4.90 Å². The van der Waals surface area contributed by atoms with Gasteiger partial charge in [0.1, 0.15) is 0 Å². The van der Waals surface area contributed by atoms with Crippen LogP contribution in [0.5, 0.6) is 0 Å². The van der Waals surface area contributed by atoms with Gasteiger partial charge < -0.3 is 0 Å². The van der Waals surface area contributed by atoms with E-state index in [0.717, 1.165) is 5.56 Å². The number of nitrogens with one attached hydrogen (secondary N) is 1. The molecule has 0 saturated heterocycles. The predicted octanol–water partition coefficient (Wildman–Crippen LogP) is 2.79. The lowest BCUT2D eigenvalue weighted by atomic mass is 10.2. The number of sulfonamides is 1. The van der Waals surface area contributed by atoms with Crippen LogP contribution in [0.4, 0.5) is 0 Å². The molecule has 0 spiro atoms. The Bertz CT molecular complexity index is 869. The van der Waals surface area contributed by atoms with Gasteiger partial charge in [0.2, 0.25) is 0 Å². The zero-order chi connectivity index (χ0) is 15.6. The fraction of sp³-hybridized carbons (Fsp3) is 0.0625. The highest BCUT2D eigenvalue weighted by atomic mass is 32.2. The summed E-state index contributed by atoms with van der Waals surface area (Å²) >= 11 is 0. The van der Waals surface area contributed by atoms with Gasteiger partial charge in [0.05, 0.1) is 16.3 Å². The highest BCUT2D eigenvalue weighted by molar-refractivity contribution is 7.92. The maximum atomic E-state index is 12.4. The minimum atomic E-state index is -3.64. The van der Waals surface area contributed by atoms with Crippen LogP contribution in [0.1, 0.15) is 5.56 Å². The van der Waals surface area contributed by atoms with Gasteiger partial charge in [-0.3, -0.25) is 9.66 Å². The van der Waals surface area contributed by atoms with Crippen molar-refractivity contribution in [2.24, 2.45) is 0 Å². The van der Waals surface area contributed by atoms with Crippen molar-refractivity contribution in [3.05, 3.63) is 72.6 Å². The van der Waals surface area contributed by atoms with E-state index in [1.54, 1.807) is 48.8 Å². The van der Waals surface area contributed by atoms with Crippen LogP contribution in [-0.4, -0.2) is 18.1 Å². The number of hydrogen-bond donors (Lipinski definition) is 1. The fourth-order valence-corrected chi connectivity index (χ4v) is 3.11. The molecule has 0 fully saturated rings. The normalized spacial score (nSPS) is 11.3. The number of pyridine rings is 1. The van der Waals surface area contributed by atoms with Crippen molar-refractivity contribution < 1.29 is 8.42 Å². The molecule has 1 N–H and O–H groups in total. The van der Waals surface area contributed by atoms with E-state index in [2.05, 4.69) is 9.82 Å². The molecule has 2 heterocycles. The van der Waals surface area contributed by atoms with Crippen molar-refractivity contribution in [2.45, 2.75) is 11.8 Å². The standard InChI is InChI=1S/C16H15N3O2S/c1-13-9-10-15(17-12-13)16-8-5-11-19(16)18-22(20,21)14-6-3-2-4-7-14/h2-12,18H,1H3. The van der Waals surface area contributed by atoms with Gasteiger partial charge in [-0.15, -0.1) is 0 Å². The van der Waals surface area contributed by atoms with Crippen LogP contribution in [0.25, 0.3) is 11.4 Å². The van der Waals surface area contributed by atoms with Gasteiger partial charge in [-0.05, 0) is 42.8 Å². The molecule has 0 aliphatic carbocycles. The lowest BCUT2D eigenvalue weighted by Gasteiger charge is -2.12. The van der Waals surface area contributed by atoms with Crippen molar-refractivity contribution in [1.29, 1.82) is 0 Å². The van der Waals surface area contributed by atoms with Crippen LogP contribution in [0.3, 0.4) is 0 Å². The van der Waals surface area contributed by atoms with Crippen LogP contribution >= 0.6 is 0 Å². The van der Waals surface area contributed by atoms with E-state index in [4.69, 9.17) is 0 Å². The molecular weight excluding hydrogens is 298 g/mol. The van der Waals surface area contributed by atoms with Gasteiger partial charge in [-0.25, -0.2) is 4.83 Å². The zero-order valence-corrected chi connectivity index (χ0v) is 12.8. The Hall–Kier alpha value is -2.60. The minimum Gasteiger partial charge on any atom is -0.254 e. The predicted molar refractivity (Wildman–Crippen MR) is 85.4 cm³/mol. The smallest absolute Gasteiger partial charge is 0.254 e. The highest BCUT2D eigenvalue weighted by Crippen LogP contribution is 2.18. The van der Waals surface area contributed by atoms with Crippen molar-refractivity contribution in [2.75, 3.05) is 4.83 Å². The summed E-state index contributed by atoms with van der Waals surface area (Å²) in [6, 6.07) is 15.6. The number of benzene rings is 1. The fourth-order valence-electron chi connectivity index (χ4n) is 2.07. The highest BCUT2D eigenvalue weighted by Gasteiger charge is 2.15. The van der Waals surface area contributed by atoms with Gasteiger partial charge in [0.15, 0.2) is 0 Å². The van der Waals surface area contributed by atoms with Crippen LogP contribution in [0, 0.1) is 6.92 Å². The lowest BCUT2D eigenvalue weighted by Crippen LogP contribution is -2.23. The Balaban J connectivity index is 1.95. The maximum Gasteiger partial charge on any atom is 0.275 e. The number of aryl methyl sites for hydroxylation is 1. The number of nitrogens with zero attached hydrogens (tertiary/aromatic N) is 2. The number of hydrogen-bond acceptors (Lipinski definition) is 3. The van der Waals surface area contributed by atoms with Crippen molar-refractivity contribution >= 4 is 10.0 Å². The Morgan fingerprint density at radius 3 is 2.45 bits per heavy atom. The molecule has 2 aromatic heterocycles. The Morgan fingerprint density at radius 1 is 1.00 bits per heavy atom. The topological polar surface area (TPSA) is 64.0 Å². The molecule has 3 aromatic rings. The summed E-state index contributed by atoms with van der Waals surface area (Å²) in [5.41, 5.74) is 2.43. The van der Waals surface area contributed by atoms with Crippen LogP contribution in [0.15, 0.2) is 71.9 Å². The molecule has 6 heteroatoms. The second-order valence-corrected chi connectivity index (χ2v) is 6.55. The monoisotopic (exact) mass is 313 g/mol. The minimum absolute atomic E-state index is 0.214. The quantitative estimate of drug-likeness (QED) is 0.805. The van der Waals surface area contributed by atoms with Crippen molar-refractivity contribution in [3.8, 4) is 11.4 Å². The average molecular weight is 313 g/mol. The summed E-state index contributed by atoms with van der Waals surface area (Å²) in [5, 5.41) is 0. The third kappa shape index (κ3) is 2.87. The summed E-state index contributed by atoms with van der Waals surface area (Å²) in [5.74, 6) is 0. The summed E-state index contributed by atoms with van der Waals surface area (Å²) in [4.78, 5) is 7.09. The molecule has 0 unspecified atom stereocenters. The van der Waals surface area contributed by atoms with Crippen molar-refractivity contribution in [3.63, 3.8) is 0 Å². The van der Waals surface area contributed by atoms with Gasteiger partial charge in [-0.2, -0.15) is 8.42 Å². The van der Waals surface area contributed by atoms with Crippen LogP contribution in [-0.2, 0) is 10.0 Å². The lowest BCUT2D eigenvalue weighted by molar-refractivity contribution is 0.595. The molecule has 0 aliphatic heterocycles. The first-order valence-electron chi connectivity index (χ1n) is 6.74. The van der Waals surface area contributed by atoms with Gasteiger partial charge in [0, 0.05) is 12.4 Å². The first-order chi connectivity index (χ1) is 10.6. The summed E-state index contributed by atoms with van der Waals surface area (Å²) in [7, 11) is -3.64. The molecule has 0 radical (unpaired) electrons. The van der Waals surface area contributed by atoms with Crippen LogP contribution in [0.2, 0.25) is 0 Å². The molecule has 22 heavy (non-hydrogen) atoms. The number of aromatic nitrogens is 2. The van der Waals surface area contributed by atoms with E-state index in [1.807, 2.05) is 25.1 Å². The van der Waals surface area contributed by atoms with E-state index < -0.39 is 10.0 Å². The molecule has 5 nitrogen and oxygen atoms in total. The van der Waals surface area contributed by atoms with Gasteiger partial charge in [-0.1, -0.05) is 24.3 Å². The van der Waals surface area contributed by atoms with Gasteiger partial charge in [0.25, 0.3) is 10.0 Å². The van der Waals surface area contributed by atoms with Crippen LogP contribution < -0.4 is 4.83 Å². The summed E-state index contributed by atoms with van der Waals surface area (Å²) < 4.78 is 26.2. The SMILES string of the molecule is Cc1ccc(-c2cccn2NS(=O)(=O)c2ccccc2)nc1. The van der Waals surface area contributed by atoms with E-state index in [1.165, 1.54) is 4.68 Å². The molecule has 0 amide bonds. The zero-order valence-electron chi connectivity index (χ0n) is 12.0. The Kier molecular flexibility index (Phi) is 3.68. The summed E-state index contributed by atoms with van der Waals surface area (Å²) in [6.45, 7) is 1.95. The van der Waals surface area contributed by atoms with Gasteiger partial charge >= 0.3 is 0 Å². The second-order valence-electron chi connectivity index (χ2n) is 4.89. The second kappa shape index (κ2) is 5.65. The molecule has 0 aliphatic rings. The molecule has 3 rings (SSSR count). The third-order valence-electron chi connectivity index (χ3n) is 3.19. The van der Waals surface area contributed by atoms with E-state index in [0.29, 0.717) is 11.4 Å². The molecule has 112 valence electrons. The van der Waals surface area contributed by atoms with E-state index >= 15 is 0 Å². The molecule has 0 bridgehead atoms. The first-order valence-corrected chi connectivity index (χ1v) is 8.23.